The van der Waals surface area contributed by atoms with Gasteiger partial charge in [-0.3, -0.25) is 4.79 Å². The van der Waals surface area contributed by atoms with Gasteiger partial charge in [-0.2, -0.15) is 0 Å². The van der Waals surface area contributed by atoms with Crippen LogP contribution in [-0.4, -0.2) is 27.4 Å². The number of hydrogen-bond acceptors (Lipinski definition) is 4. The van der Waals surface area contributed by atoms with E-state index in [2.05, 4.69) is 27.5 Å². The van der Waals surface area contributed by atoms with Gasteiger partial charge in [-0.25, -0.2) is 4.68 Å². The molecule has 0 saturated heterocycles. The van der Waals surface area contributed by atoms with Crippen LogP contribution in [-0.2, 0) is 11.3 Å². The van der Waals surface area contributed by atoms with Crippen molar-refractivity contribution >= 4 is 23.2 Å². The smallest absolute Gasteiger partial charge is 0.246 e. The lowest BCUT2D eigenvalue weighted by molar-refractivity contribution is -0.116. The van der Waals surface area contributed by atoms with E-state index in [1.165, 1.54) is 10.9 Å². The number of carbonyl (C=O) groups excluding carboxylic acids is 1. The van der Waals surface area contributed by atoms with Crippen LogP contribution in [0, 0.1) is 11.8 Å². The first-order chi connectivity index (χ1) is 9.69. The van der Waals surface area contributed by atoms with Gasteiger partial charge in [0.25, 0.3) is 0 Å². The van der Waals surface area contributed by atoms with Gasteiger partial charge < -0.3 is 11.1 Å². The SMILES string of the molecule is NCC#Cc1cc(Cl)ccc1NC(=O)Cn1ccnn1. The van der Waals surface area contributed by atoms with E-state index < -0.39 is 0 Å². The van der Waals surface area contributed by atoms with Crippen molar-refractivity contribution in [2.24, 2.45) is 5.73 Å². The highest BCUT2D eigenvalue weighted by molar-refractivity contribution is 6.30. The highest BCUT2D eigenvalue weighted by atomic mass is 35.5. The van der Waals surface area contributed by atoms with Crippen molar-refractivity contribution in [2.75, 3.05) is 11.9 Å². The monoisotopic (exact) mass is 289 g/mol. The van der Waals surface area contributed by atoms with E-state index in [4.69, 9.17) is 17.3 Å². The van der Waals surface area contributed by atoms with Crippen molar-refractivity contribution in [3.8, 4) is 11.8 Å². The Labute approximate surface area is 120 Å². The zero-order valence-electron chi connectivity index (χ0n) is 10.5. The van der Waals surface area contributed by atoms with Crippen LogP contribution in [0.5, 0.6) is 0 Å². The molecule has 1 aromatic carbocycles. The van der Waals surface area contributed by atoms with E-state index >= 15 is 0 Å². The molecule has 0 aliphatic rings. The fourth-order valence-electron chi connectivity index (χ4n) is 1.53. The Morgan fingerprint density at radius 1 is 1.50 bits per heavy atom. The standard InChI is InChI=1S/C13H12ClN5O/c14-11-3-4-12(10(8-11)2-1-5-15)17-13(20)9-19-7-6-16-18-19/h3-4,6-8H,5,9,15H2,(H,17,20). The Balaban J connectivity index is 2.14. The summed E-state index contributed by atoms with van der Waals surface area (Å²) in [5.74, 6) is 5.37. The van der Waals surface area contributed by atoms with E-state index in [1.54, 1.807) is 24.4 Å². The molecule has 0 unspecified atom stereocenters. The fourth-order valence-corrected chi connectivity index (χ4v) is 1.70. The topological polar surface area (TPSA) is 85.8 Å². The van der Waals surface area contributed by atoms with Crippen LogP contribution in [0.15, 0.2) is 30.6 Å². The lowest BCUT2D eigenvalue weighted by Gasteiger charge is -2.08. The number of nitrogens with two attached hydrogens (primary N) is 1. The second-order valence-corrected chi connectivity index (χ2v) is 4.28. The molecule has 0 aliphatic heterocycles. The Morgan fingerprint density at radius 3 is 3.05 bits per heavy atom. The molecule has 1 amide bonds. The molecule has 7 heteroatoms. The number of benzene rings is 1. The minimum Gasteiger partial charge on any atom is -0.323 e. The van der Waals surface area contributed by atoms with E-state index in [9.17, 15) is 4.79 Å². The molecule has 2 aromatic rings. The molecule has 20 heavy (non-hydrogen) atoms. The number of nitrogens with one attached hydrogen (secondary N) is 1. The molecule has 0 radical (unpaired) electrons. The summed E-state index contributed by atoms with van der Waals surface area (Å²) in [7, 11) is 0. The number of halogens is 1. The van der Waals surface area contributed by atoms with Crippen LogP contribution in [0.25, 0.3) is 0 Å². The third-order valence-corrected chi connectivity index (χ3v) is 2.59. The average molecular weight is 290 g/mol. The summed E-state index contributed by atoms with van der Waals surface area (Å²) in [5, 5.41) is 10.7. The summed E-state index contributed by atoms with van der Waals surface area (Å²) >= 11 is 5.91. The van der Waals surface area contributed by atoms with Crippen LogP contribution < -0.4 is 11.1 Å². The molecule has 0 fully saturated rings. The van der Waals surface area contributed by atoms with Crippen molar-refractivity contribution in [2.45, 2.75) is 6.54 Å². The number of hydrogen-bond donors (Lipinski definition) is 2. The van der Waals surface area contributed by atoms with Gasteiger partial charge in [-0.15, -0.1) is 5.10 Å². The molecule has 3 N–H and O–H groups in total. The first kappa shape index (κ1) is 14.1. The molecule has 6 nitrogen and oxygen atoms in total. The fraction of sp³-hybridized carbons (Fsp3) is 0.154. The summed E-state index contributed by atoms with van der Waals surface area (Å²) in [5.41, 5.74) is 6.55. The van der Waals surface area contributed by atoms with Gasteiger partial charge in [-0.05, 0) is 18.2 Å². The quantitative estimate of drug-likeness (QED) is 0.821. The maximum Gasteiger partial charge on any atom is 0.246 e. The Morgan fingerprint density at radius 2 is 2.35 bits per heavy atom. The summed E-state index contributed by atoms with van der Waals surface area (Å²) in [4.78, 5) is 11.9. The van der Waals surface area contributed by atoms with Gasteiger partial charge in [0.2, 0.25) is 5.91 Å². The maximum atomic E-state index is 11.9. The minimum absolute atomic E-state index is 0.0758. The van der Waals surface area contributed by atoms with Crippen molar-refractivity contribution in [3.05, 3.63) is 41.2 Å². The first-order valence-corrected chi connectivity index (χ1v) is 6.19. The minimum atomic E-state index is -0.228. The number of aromatic nitrogens is 3. The third kappa shape index (κ3) is 3.82. The number of amides is 1. The largest absolute Gasteiger partial charge is 0.323 e. The van der Waals surface area contributed by atoms with Gasteiger partial charge >= 0.3 is 0 Å². The van der Waals surface area contributed by atoms with Crippen LogP contribution in [0.3, 0.4) is 0 Å². The van der Waals surface area contributed by atoms with Gasteiger partial charge in [0.15, 0.2) is 0 Å². The number of anilines is 1. The van der Waals surface area contributed by atoms with Crippen molar-refractivity contribution < 1.29 is 4.79 Å². The molecule has 0 saturated carbocycles. The molecular formula is C13H12ClN5O. The highest BCUT2D eigenvalue weighted by Gasteiger charge is 2.07. The molecule has 102 valence electrons. The molecule has 0 spiro atoms. The van der Waals surface area contributed by atoms with E-state index in [0.29, 0.717) is 16.3 Å². The van der Waals surface area contributed by atoms with Crippen molar-refractivity contribution in [3.63, 3.8) is 0 Å². The zero-order chi connectivity index (χ0) is 14.4. The molecule has 0 atom stereocenters. The number of carbonyl (C=O) groups is 1. The van der Waals surface area contributed by atoms with Gasteiger partial charge in [0, 0.05) is 16.8 Å². The van der Waals surface area contributed by atoms with Crippen LogP contribution in [0.2, 0.25) is 5.02 Å². The molecular weight excluding hydrogens is 278 g/mol. The van der Waals surface area contributed by atoms with Crippen LogP contribution in [0.4, 0.5) is 5.69 Å². The summed E-state index contributed by atoms with van der Waals surface area (Å²) in [6.45, 7) is 0.311. The first-order valence-electron chi connectivity index (χ1n) is 5.81. The lowest BCUT2D eigenvalue weighted by atomic mass is 10.2. The Hall–Kier alpha value is -2.36. The molecule has 0 aliphatic carbocycles. The Kier molecular flexibility index (Phi) is 4.71. The summed E-state index contributed by atoms with van der Waals surface area (Å²) in [6, 6.07) is 5.05. The second kappa shape index (κ2) is 6.70. The third-order valence-electron chi connectivity index (χ3n) is 2.36. The molecule has 1 aromatic heterocycles. The number of nitrogens with zero attached hydrogens (tertiary/aromatic N) is 3. The summed E-state index contributed by atoms with van der Waals surface area (Å²) < 4.78 is 1.43. The number of rotatable bonds is 3. The van der Waals surface area contributed by atoms with Crippen molar-refractivity contribution in [1.82, 2.24) is 15.0 Å². The van der Waals surface area contributed by atoms with E-state index in [1.807, 2.05) is 0 Å². The normalized spacial score (nSPS) is 9.70. The van der Waals surface area contributed by atoms with E-state index in [0.717, 1.165) is 0 Å². The maximum absolute atomic E-state index is 11.9. The molecule has 1 heterocycles. The highest BCUT2D eigenvalue weighted by Crippen LogP contribution is 2.19. The lowest BCUT2D eigenvalue weighted by Crippen LogP contribution is -2.19. The van der Waals surface area contributed by atoms with Gasteiger partial charge in [0.1, 0.15) is 6.54 Å². The van der Waals surface area contributed by atoms with E-state index in [-0.39, 0.29) is 19.0 Å². The van der Waals surface area contributed by atoms with Crippen molar-refractivity contribution in [1.29, 1.82) is 0 Å². The van der Waals surface area contributed by atoms with Gasteiger partial charge in [-0.1, -0.05) is 28.7 Å². The van der Waals surface area contributed by atoms with Crippen LogP contribution in [0.1, 0.15) is 5.56 Å². The molecule has 0 bridgehead atoms. The second-order valence-electron chi connectivity index (χ2n) is 3.84. The Bertz CT molecular complexity index is 657. The zero-order valence-corrected chi connectivity index (χ0v) is 11.3. The predicted molar refractivity (Wildman–Crippen MR) is 76.0 cm³/mol. The van der Waals surface area contributed by atoms with Crippen LogP contribution >= 0.6 is 11.6 Å². The van der Waals surface area contributed by atoms with Gasteiger partial charge in [0.05, 0.1) is 18.4 Å². The predicted octanol–water partition coefficient (Wildman–Crippen LogP) is 0.880. The molecule has 2 rings (SSSR count). The summed E-state index contributed by atoms with van der Waals surface area (Å²) in [6.07, 6.45) is 3.12. The average Bonchev–Trinajstić information content (AvgIpc) is 2.91.